The first-order valence-electron chi connectivity index (χ1n) is 9.25. The van der Waals surface area contributed by atoms with Crippen molar-refractivity contribution in [2.45, 2.75) is 13.3 Å². The van der Waals surface area contributed by atoms with Gasteiger partial charge in [0.2, 0.25) is 11.8 Å². The van der Waals surface area contributed by atoms with Crippen LogP contribution in [-0.2, 0) is 19.1 Å². The van der Waals surface area contributed by atoms with Crippen LogP contribution in [0.15, 0.2) is 47.6 Å². The predicted octanol–water partition coefficient (Wildman–Crippen LogP) is 2.72. The van der Waals surface area contributed by atoms with Gasteiger partial charge in [-0.05, 0) is 59.3 Å². The molecule has 2 N–H and O–H groups in total. The first-order chi connectivity index (χ1) is 14.9. The third-order valence-corrected chi connectivity index (χ3v) is 4.47. The highest BCUT2D eigenvalue weighted by Gasteiger charge is 2.14. The molecule has 164 valence electrons. The molecule has 0 saturated carbocycles. The van der Waals surface area contributed by atoms with Crippen LogP contribution in [0.1, 0.15) is 18.9 Å². The number of para-hydroxylation sites is 1. The van der Waals surface area contributed by atoms with Gasteiger partial charge < -0.3 is 19.5 Å². The molecule has 2 rings (SSSR count). The number of hydrogen-bond donors (Lipinski definition) is 2. The molecule has 31 heavy (non-hydrogen) atoms. The summed E-state index contributed by atoms with van der Waals surface area (Å²) >= 11 is 2.04. The summed E-state index contributed by atoms with van der Waals surface area (Å²) in [5, 5.41) is 6.49. The Bertz CT molecular complexity index is 950. The highest BCUT2D eigenvalue weighted by atomic mass is 127. The van der Waals surface area contributed by atoms with Crippen LogP contribution in [-0.4, -0.2) is 44.3 Å². The van der Waals surface area contributed by atoms with Crippen molar-refractivity contribution < 1.29 is 28.6 Å². The SMILES string of the molecule is CCOC(=O)COc1c(I)cc(C=NNC(=O)CC(=O)Nc2ccccc2)cc1OC. The second-order valence-corrected chi connectivity index (χ2v) is 7.17. The molecule has 0 fully saturated rings. The van der Waals surface area contributed by atoms with Crippen LogP contribution in [0.4, 0.5) is 5.69 Å². The lowest BCUT2D eigenvalue weighted by Gasteiger charge is -2.13. The third kappa shape index (κ3) is 8.24. The fourth-order valence-corrected chi connectivity index (χ4v) is 3.16. The van der Waals surface area contributed by atoms with E-state index in [0.29, 0.717) is 26.3 Å². The van der Waals surface area contributed by atoms with E-state index in [4.69, 9.17) is 14.2 Å². The van der Waals surface area contributed by atoms with E-state index < -0.39 is 17.8 Å². The first-order valence-corrected chi connectivity index (χ1v) is 10.3. The molecule has 0 saturated heterocycles. The Labute approximate surface area is 193 Å². The maximum Gasteiger partial charge on any atom is 0.344 e. The molecule has 0 spiro atoms. The van der Waals surface area contributed by atoms with E-state index in [1.54, 1.807) is 43.3 Å². The van der Waals surface area contributed by atoms with Gasteiger partial charge in [-0.15, -0.1) is 0 Å². The van der Waals surface area contributed by atoms with Gasteiger partial charge in [-0.1, -0.05) is 18.2 Å². The number of nitrogens with one attached hydrogen (secondary N) is 2. The number of methoxy groups -OCH3 is 1. The molecule has 0 aliphatic rings. The predicted molar refractivity (Wildman–Crippen MR) is 123 cm³/mol. The molecule has 10 heteroatoms. The van der Waals surface area contributed by atoms with Gasteiger partial charge in [-0.25, -0.2) is 10.2 Å². The third-order valence-electron chi connectivity index (χ3n) is 3.67. The van der Waals surface area contributed by atoms with Gasteiger partial charge in [0.05, 0.1) is 23.5 Å². The maximum absolute atomic E-state index is 11.9. The van der Waals surface area contributed by atoms with E-state index in [2.05, 4.69) is 15.8 Å². The number of benzene rings is 2. The van der Waals surface area contributed by atoms with Gasteiger partial charge in [0, 0.05) is 5.69 Å². The molecule has 2 aromatic rings. The molecular formula is C21H22IN3O6. The maximum atomic E-state index is 11.9. The number of amides is 2. The number of hydrogen-bond acceptors (Lipinski definition) is 7. The number of carbonyl (C=O) groups is 3. The van der Waals surface area contributed by atoms with Crippen LogP contribution >= 0.6 is 22.6 Å². The van der Waals surface area contributed by atoms with E-state index in [9.17, 15) is 14.4 Å². The molecule has 0 atom stereocenters. The average Bonchev–Trinajstić information content (AvgIpc) is 2.73. The number of nitrogens with zero attached hydrogens (tertiary/aromatic N) is 1. The minimum Gasteiger partial charge on any atom is -0.493 e. The van der Waals surface area contributed by atoms with Gasteiger partial charge in [-0.2, -0.15) is 5.10 Å². The molecular weight excluding hydrogens is 517 g/mol. The molecule has 0 unspecified atom stereocenters. The quantitative estimate of drug-likeness (QED) is 0.158. The van der Waals surface area contributed by atoms with E-state index in [1.807, 2.05) is 28.7 Å². The first kappa shape index (κ1) is 24.1. The van der Waals surface area contributed by atoms with E-state index in [1.165, 1.54) is 13.3 Å². The van der Waals surface area contributed by atoms with Crippen LogP contribution in [0.2, 0.25) is 0 Å². The fraction of sp³-hybridized carbons (Fsp3) is 0.238. The van der Waals surface area contributed by atoms with Crippen molar-refractivity contribution in [1.29, 1.82) is 0 Å². The molecule has 2 amide bonds. The second-order valence-electron chi connectivity index (χ2n) is 6.01. The van der Waals surface area contributed by atoms with Crippen LogP contribution in [0.5, 0.6) is 11.5 Å². The monoisotopic (exact) mass is 539 g/mol. The number of carbonyl (C=O) groups excluding carboxylic acids is 3. The molecule has 0 bridgehead atoms. The minimum atomic E-state index is -0.555. The van der Waals surface area contributed by atoms with Gasteiger partial charge in [0.1, 0.15) is 6.42 Å². The molecule has 0 aliphatic heterocycles. The number of halogens is 1. The number of hydrazone groups is 1. The lowest BCUT2D eigenvalue weighted by Crippen LogP contribution is -2.24. The molecule has 0 aromatic heterocycles. The zero-order valence-corrected chi connectivity index (χ0v) is 19.2. The van der Waals surface area contributed by atoms with Gasteiger partial charge in [0.25, 0.3) is 0 Å². The zero-order valence-electron chi connectivity index (χ0n) is 17.0. The van der Waals surface area contributed by atoms with Crippen molar-refractivity contribution in [3.8, 4) is 11.5 Å². The van der Waals surface area contributed by atoms with Gasteiger partial charge >= 0.3 is 5.97 Å². The van der Waals surface area contributed by atoms with E-state index in [0.717, 1.165) is 0 Å². The fourth-order valence-electron chi connectivity index (χ4n) is 2.38. The molecule has 0 heterocycles. The summed E-state index contributed by atoms with van der Waals surface area (Å²) in [6.45, 7) is 1.74. The van der Waals surface area contributed by atoms with Crippen molar-refractivity contribution in [3.05, 3.63) is 51.6 Å². The van der Waals surface area contributed by atoms with Crippen molar-refractivity contribution in [2.24, 2.45) is 5.10 Å². The average molecular weight is 539 g/mol. The summed E-state index contributed by atoms with van der Waals surface area (Å²) in [7, 11) is 1.47. The summed E-state index contributed by atoms with van der Waals surface area (Å²) in [6, 6.07) is 12.2. The minimum absolute atomic E-state index is 0.241. The normalized spacial score (nSPS) is 10.4. The van der Waals surface area contributed by atoms with Crippen molar-refractivity contribution in [1.82, 2.24) is 5.43 Å². The molecule has 2 aromatic carbocycles. The Hall–Kier alpha value is -3.15. The lowest BCUT2D eigenvalue weighted by atomic mass is 10.2. The van der Waals surface area contributed by atoms with E-state index in [-0.39, 0.29) is 19.6 Å². The Kier molecular flexibility index (Phi) is 9.75. The number of anilines is 1. The van der Waals surface area contributed by atoms with Crippen molar-refractivity contribution >= 4 is 52.3 Å². The van der Waals surface area contributed by atoms with Crippen LogP contribution in [0.25, 0.3) is 0 Å². The van der Waals surface area contributed by atoms with Gasteiger partial charge in [-0.3, -0.25) is 9.59 Å². The summed E-state index contributed by atoms with van der Waals surface area (Å²) in [5.74, 6) is -0.690. The number of ether oxygens (including phenoxy) is 3. The summed E-state index contributed by atoms with van der Waals surface area (Å²) in [4.78, 5) is 35.3. The zero-order chi connectivity index (χ0) is 22.6. The summed E-state index contributed by atoms with van der Waals surface area (Å²) in [6.07, 6.45) is 1.04. The van der Waals surface area contributed by atoms with Crippen molar-refractivity contribution in [3.63, 3.8) is 0 Å². The second kappa shape index (κ2) is 12.5. The largest absolute Gasteiger partial charge is 0.493 e. The Balaban J connectivity index is 1.92. The molecule has 0 radical (unpaired) electrons. The highest BCUT2D eigenvalue weighted by molar-refractivity contribution is 14.1. The number of esters is 1. The Morgan fingerprint density at radius 1 is 1.13 bits per heavy atom. The number of rotatable bonds is 10. The standard InChI is InChI=1S/C21H22IN3O6/c1-3-30-20(28)13-31-21-16(22)9-14(10-17(21)29-2)12-23-25-19(27)11-18(26)24-15-7-5-4-6-8-15/h4-10,12H,3,11,13H2,1-2H3,(H,24,26)(H,25,27). The van der Waals surface area contributed by atoms with Crippen LogP contribution in [0, 0.1) is 3.57 Å². The van der Waals surface area contributed by atoms with Crippen LogP contribution < -0.4 is 20.2 Å². The smallest absolute Gasteiger partial charge is 0.344 e. The summed E-state index contributed by atoms with van der Waals surface area (Å²) in [5.41, 5.74) is 3.54. The molecule has 0 aliphatic carbocycles. The van der Waals surface area contributed by atoms with Gasteiger partial charge in [0.15, 0.2) is 18.1 Å². The topological polar surface area (TPSA) is 115 Å². The lowest BCUT2D eigenvalue weighted by molar-refractivity contribution is -0.145. The Morgan fingerprint density at radius 3 is 2.55 bits per heavy atom. The van der Waals surface area contributed by atoms with E-state index >= 15 is 0 Å². The molecule has 9 nitrogen and oxygen atoms in total. The highest BCUT2D eigenvalue weighted by Crippen LogP contribution is 2.33. The Morgan fingerprint density at radius 2 is 1.87 bits per heavy atom. The van der Waals surface area contributed by atoms with Crippen molar-refractivity contribution in [2.75, 3.05) is 25.6 Å². The van der Waals surface area contributed by atoms with Crippen LogP contribution in [0.3, 0.4) is 0 Å². The summed E-state index contributed by atoms with van der Waals surface area (Å²) < 4.78 is 16.3.